The number of carbonyl (C=O) groups is 1. The standard InChI is InChI=1S/C11H22O4S.Na.H2O/c12-11(13)9-7-5-3-1-2-4-6-8-10-16(14)15;;/h1-10H2,(H,12,13)(H,14,15);;1H2/q;+1;/p-2. The molecule has 0 aromatic heterocycles. The van der Waals surface area contributed by atoms with E-state index < -0.39 is 17.0 Å². The minimum absolute atomic E-state index is 0. The van der Waals surface area contributed by atoms with Crippen molar-refractivity contribution >= 4 is 17.0 Å². The second kappa shape index (κ2) is 17.5. The van der Waals surface area contributed by atoms with Crippen molar-refractivity contribution in [2.24, 2.45) is 0 Å². The van der Waals surface area contributed by atoms with Crippen LogP contribution in [0.2, 0.25) is 0 Å². The van der Waals surface area contributed by atoms with Gasteiger partial charge in [0.1, 0.15) is 0 Å². The number of carboxylic acids is 1. The maximum Gasteiger partial charge on any atom is 1.00 e. The quantitative estimate of drug-likeness (QED) is 0.307. The molecule has 104 valence electrons. The topological polar surface area (TPSA) is 107 Å². The summed E-state index contributed by atoms with van der Waals surface area (Å²) < 4.78 is 20.4. The van der Waals surface area contributed by atoms with Gasteiger partial charge in [0.05, 0.1) is 0 Å². The molecule has 2 N–H and O–H groups in total. The average Bonchev–Trinajstić information content (AvgIpc) is 2.20. The molecule has 0 aliphatic carbocycles. The fourth-order valence-corrected chi connectivity index (χ4v) is 2.00. The summed E-state index contributed by atoms with van der Waals surface area (Å²) in [7, 11) is 0. The first-order valence-electron chi connectivity index (χ1n) is 5.90. The zero-order chi connectivity index (χ0) is 12.2. The Morgan fingerprint density at radius 2 is 1.33 bits per heavy atom. The first kappa shape index (κ1) is 23.6. The third-order valence-corrected chi connectivity index (χ3v) is 3.07. The van der Waals surface area contributed by atoms with E-state index >= 15 is 0 Å². The molecule has 0 aliphatic rings. The summed E-state index contributed by atoms with van der Waals surface area (Å²) in [6.07, 6.45) is 8.17. The third-order valence-electron chi connectivity index (χ3n) is 2.45. The fourth-order valence-electron chi connectivity index (χ4n) is 1.56. The summed E-state index contributed by atoms with van der Waals surface area (Å²) >= 11 is -1.89. The number of hydrogen-bond acceptors (Lipinski definition) is 4. The van der Waals surface area contributed by atoms with Crippen LogP contribution in [0.25, 0.3) is 0 Å². The number of unbranched alkanes of at least 4 members (excludes halogenated alkanes) is 7. The molecular formula is C11H22NaO5S-. The second-order valence-electron chi connectivity index (χ2n) is 3.98. The SMILES string of the molecule is O=C(O)CCCCCCCCCCS(=O)[O-].[Na+].[OH-]. The van der Waals surface area contributed by atoms with Crippen molar-refractivity contribution in [2.75, 3.05) is 5.75 Å². The van der Waals surface area contributed by atoms with E-state index in [2.05, 4.69) is 0 Å². The monoisotopic (exact) mass is 289 g/mol. The Hall–Kier alpha value is 0.540. The Bertz CT molecular complexity index is 192. The molecule has 0 spiro atoms. The molecule has 0 heterocycles. The normalized spacial score (nSPS) is 11.2. The maximum absolute atomic E-state index is 10.2. The zero-order valence-electron chi connectivity index (χ0n) is 11.1. The molecule has 0 aromatic rings. The molecule has 0 bridgehead atoms. The Morgan fingerprint density at radius 1 is 0.944 bits per heavy atom. The van der Waals surface area contributed by atoms with Crippen molar-refractivity contribution in [3.63, 3.8) is 0 Å². The molecule has 0 aliphatic heterocycles. The predicted octanol–water partition coefficient (Wildman–Crippen LogP) is -0.712. The molecule has 0 rings (SSSR count). The van der Waals surface area contributed by atoms with Gasteiger partial charge in [0.15, 0.2) is 0 Å². The number of hydrogen-bond donors (Lipinski definition) is 1. The predicted molar refractivity (Wildman–Crippen MR) is 64.9 cm³/mol. The number of carboxylic acid groups (broad SMARTS) is 1. The van der Waals surface area contributed by atoms with Crippen molar-refractivity contribution in [3.8, 4) is 0 Å². The molecule has 0 saturated heterocycles. The Morgan fingerprint density at radius 3 is 1.72 bits per heavy atom. The molecule has 0 aromatic carbocycles. The van der Waals surface area contributed by atoms with Gasteiger partial charge in [-0.3, -0.25) is 9.00 Å². The van der Waals surface area contributed by atoms with Gasteiger partial charge in [-0.15, -0.1) is 0 Å². The van der Waals surface area contributed by atoms with Gasteiger partial charge in [0, 0.05) is 12.2 Å². The Labute approximate surface area is 134 Å². The van der Waals surface area contributed by atoms with Crippen molar-refractivity contribution in [2.45, 2.75) is 57.8 Å². The van der Waals surface area contributed by atoms with Gasteiger partial charge < -0.3 is 15.1 Å². The maximum atomic E-state index is 10.2. The van der Waals surface area contributed by atoms with Crippen LogP contribution in [0, 0.1) is 0 Å². The van der Waals surface area contributed by atoms with E-state index in [1.165, 1.54) is 0 Å². The van der Waals surface area contributed by atoms with Crippen LogP contribution in [0.4, 0.5) is 0 Å². The minimum Gasteiger partial charge on any atom is -0.870 e. The van der Waals surface area contributed by atoms with Crippen LogP contribution in [0.1, 0.15) is 57.8 Å². The molecule has 18 heavy (non-hydrogen) atoms. The van der Waals surface area contributed by atoms with Gasteiger partial charge in [0.2, 0.25) is 0 Å². The molecular weight excluding hydrogens is 267 g/mol. The van der Waals surface area contributed by atoms with E-state index in [-0.39, 0.29) is 47.2 Å². The summed E-state index contributed by atoms with van der Waals surface area (Å²) in [5.74, 6) is -0.441. The van der Waals surface area contributed by atoms with Gasteiger partial charge in [-0.05, 0) is 12.8 Å². The molecule has 0 radical (unpaired) electrons. The Kier molecular flexibility index (Phi) is 23.0. The third kappa shape index (κ3) is 21.8. The van der Waals surface area contributed by atoms with Crippen LogP contribution in [-0.4, -0.2) is 31.1 Å². The van der Waals surface area contributed by atoms with Crippen molar-refractivity contribution in [3.05, 3.63) is 0 Å². The van der Waals surface area contributed by atoms with Gasteiger partial charge in [0.25, 0.3) is 0 Å². The summed E-state index contributed by atoms with van der Waals surface area (Å²) in [6.45, 7) is 0. The first-order valence-corrected chi connectivity index (χ1v) is 7.15. The van der Waals surface area contributed by atoms with Gasteiger partial charge in [-0.2, -0.15) is 0 Å². The van der Waals surface area contributed by atoms with Crippen LogP contribution < -0.4 is 29.6 Å². The number of rotatable bonds is 11. The van der Waals surface area contributed by atoms with Gasteiger partial charge in [-0.1, -0.05) is 49.6 Å². The average molecular weight is 289 g/mol. The molecule has 5 nitrogen and oxygen atoms in total. The Balaban J connectivity index is -0.00000112. The van der Waals surface area contributed by atoms with E-state index in [1.807, 2.05) is 0 Å². The van der Waals surface area contributed by atoms with Crippen molar-refractivity contribution in [1.82, 2.24) is 0 Å². The van der Waals surface area contributed by atoms with Crippen molar-refractivity contribution < 1.29 is 53.7 Å². The molecule has 0 saturated carbocycles. The van der Waals surface area contributed by atoms with E-state index in [0.29, 0.717) is 0 Å². The van der Waals surface area contributed by atoms with Crippen molar-refractivity contribution in [1.29, 1.82) is 0 Å². The van der Waals surface area contributed by atoms with Crippen LogP contribution in [0.3, 0.4) is 0 Å². The van der Waals surface area contributed by atoms with Gasteiger partial charge in [-0.25, -0.2) is 0 Å². The molecule has 0 amide bonds. The van der Waals surface area contributed by atoms with Gasteiger partial charge >= 0.3 is 35.5 Å². The van der Waals surface area contributed by atoms with E-state index in [4.69, 9.17) is 5.11 Å². The largest absolute Gasteiger partial charge is 1.00 e. The van der Waals surface area contributed by atoms with E-state index in [0.717, 1.165) is 51.4 Å². The molecule has 7 heteroatoms. The summed E-state index contributed by atoms with van der Waals surface area (Å²) in [5, 5.41) is 8.41. The summed E-state index contributed by atoms with van der Waals surface area (Å²) in [5.41, 5.74) is 0. The zero-order valence-corrected chi connectivity index (χ0v) is 13.9. The fraction of sp³-hybridized carbons (Fsp3) is 0.909. The number of aliphatic carboxylic acids is 1. The smallest absolute Gasteiger partial charge is 0.870 e. The molecule has 1 atom stereocenters. The molecule has 0 fully saturated rings. The van der Waals surface area contributed by atoms with E-state index in [1.54, 1.807) is 0 Å². The van der Waals surface area contributed by atoms with Crippen LogP contribution in [-0.2, 0) is 15.9 Å². The summed E-state index contributed by atoms with van der Waals surface area (Å²) in [6, 6.07) is 0. The first-order chi connectivity index (χ1) is 7.63. The van der Waals surface area contributed by atoms with Crippen LogP contribution >= 0.6 is 0 Å². The molecule has 1 unspecified atom stereocenters. The second-order valence-corrected chi connectivity index (χ2v) is 5.00. The summed E-state index contributed by atoms with van der Waals surface area (Å²) in [4.78, 5) is 10.2. The van der Waals surface area contributed by atoms with E-state index in [9.17, 15) is 13.6 Å². The van der Waals surface area contributed by atoms with Crippen LogP contribution in [0.15, 0.2) is 0 Å². The minimum atomic E-state index is -1.89. The van der Waals surface area contributed by atoms with Crippen LogP contribution in [0.5, 0.6) is 0 Å².